The van der Waals surface area contributed by atoms with Crippen molar-refractivity contribution in [1.82, 2.24) is 0 Å². The lowest BCUT2D eigenvalue weighted by molar-refractivity contribution is -0.463. The average molecular weight is 1450 g/mol. The summed E-state index contributed by atoms with van der Waals surface area (Å²) in [5.41, 5.74) is -31.4. The molecular weight excluding hydrogens is 1320 g/mol. The fraction of sp³-hybridized carbons (Fsp3) is 1.00. The van der Waals surface area contributed by atoms with Crippen LogP contribution in [0.1, 0.15) is 173 Å². The summed E-state index contributed by atoms with van der Waals surface area (Å²) in [7, 11) is 1.40. The summed E-state index contributed by atoms with van der Waals surface area (Å²) in [6, 6.07) is 0. The van der Waals surface area contributed by atoms with Crippen molar-refractivity contribution in [3.63, 3.8) is 0 Å². The number of hydrogen-bond acceptors (Lipinski definition) is 30. The van der Waals surface area contributed by atoms with Gasteiger partial charge < -0.3 is 149 Å². The van der Waals surface area contributed by atoms with E-state index in [1.807, 2.05) is 0 Å². The molecule has 18 N–H and O–H groups in total. The molecule has 0 amide bonds. The highest BCUT2D eigenvalue weighted by atomic mass is 16.8. The molecule has 30 atom stereocenters. The van der Waals surface area contributed by atoms with Crippen LogP contribution in [-0.2, 0) is 56.8 Å². The maximum absolute atomic E-state index is 12.6. The average Bonchev–Trinajstić information content (AvgIpc) is 0.724. The zero-order chi connectivity index (χ0) is 77.6. The van der Waals surface area contributed by atoms with E-state index in [-0.39, 0.29) is 13.0 Å². The molecule has 6 rings (SSSR count). The Morgan fingerprint density at radius 2 is 0.520 bits per heavy atom. The minimum atomic E-state index is -2.83. The van der Waals surface area contributed by atoms with Crippen LogP contribution in [-0.4, -0.2) is 305 Å². The summed E-state index contributed by atoms with van der Waals surface area (Å²) in [6.45, 7) is 26.0. The van der Waals surface area contributed by atoms with Gasteiger partial charge in [0, 0.05) is 49.0 Å². The molecule has 12 unspecified atom stereocenters. The molecule has 0 aromatic rings. The zero-order valence-corrected chi connectivity index (χ0v) is 64.1. The largest absolute Gasteiger partial charge is 0.391 e. The molecule has 0 aliphatic carbocycles. The van der Waals surface area contributed by atoms with Gasteiger partial charge in [0.1, 0.15) is 51.4 Å². The first kappa shape index (κ1) is 87.7. The molecule has 30 heteroatoms. The van der Waals surface area contributed by atoms with E-state index in [2.05, 4.69) is 0 Å². The van der Waals surface area contributed by atoms with Crippen LogP contribution in [0.4, 0.5) is 0 Å². The third kappa shape index (κ3) is 12.4. The first-order valence-corrected chi connectivity index (χ1v) is 34.9. The number of methoxy groups -OCH3 is 1. The third-order valence-electron chi connectivity index (χ3n) is 29.2. The van der Waals surface area contributed by atoms with E-state index in [0.717, 1.165) is 0 Å². The minimum Gasteiger partial charge on any atom is -0.391 e. The number of ether oxygens (including phenoxy) is 12. The van der Waals surface area contributed by atoms with Crippen molar-refractivity contribution in [2.24, 2.45) is 57.2 Å². The quantitative estimate of drug-likeness (QED) is 0.0513. The van der Waals surface area contributed by atoms with Crippen molar-refractivity contribution in [1.29, 1.82) is 0 Å². The Morgan fingerprint density at radius 1 is 0.280 bits per heavy atom. The Balaban J connectivity index is 1.16. The van der Waals surface area contributed by atoms with Gasteiger partial charge in [-0.3, -0.25) is 0 Å². The Labute approximate surface area is 590 Å². The number of aliphatic hydroxyl groups excluding tert-OH is 4. The molecule has 6 saturated heterocycles. The highest BCUT2D eigenvalue weighted by Crippen LogP contribution is 2.62. The first-order valence-electron chi connectivity index (χ1n) is 34.9. The van der Waals surface area contributed by atoms with E-state index in [1.54, 1.807) is 48.5 Å². The maximum Gasteiger partial charge on any atom is 0.220 e. The standard InChI is InChI=1S/C70H130O30/c1-26-65(83)63(23,81)45(6)61(21,79)55(15,96-65)38-92-33-50(10)43(4)59(19,77)53(13,98-68(50,86)29-73)36-90-31-48(8)41(2)57(17,75)47(95-66(48,84)27-71)94-40-70(88)64(24,82)46(7)62(22,80)56(16,100-70)39-93-34-51(11)44(5)60(20,78)54(14,99-69(51,87)30-74)37-91-32-49(9)42(3)58(18,76)52(12,35-89-25)97-67(49,85)28-72/h41-47,71-88H,26-40H2,1-25H3/t41-,42-,43-,44-,45+,46+,47-,48-,49-,50-,51-,52+,53+,54+,55+,56+,57?,58?,59?,60?,61?,62?,63-,64-,65?,66?,67?,68?,69?,70?/m0/s1. The molecule has 100 heavy (non-hydrogen) atoms. The van der Waals surface area contributed by atoms with Gasteiger partial charge in [-0.05, 0) is 90.0 Å². The van der Waals surface area contributed by atoms with Gasteiger partial charge >= 0.3 is 0 Å². The summed E-state index contributed by atoms with van der Waals surface area (Å²) in [5.74, 6) is -21.2. The third-order valence-corrected chi connectivity index (χ3v) is 29.2. The van der Waals surface area contributed by atoms with Gasteiger partial charge in [0.2, 0.25) is 5.79 Å². The van der Waals surface area contributed by atoms with E-state index < -0.39 is 257 Å². The molecule has 0 aromatic heterocycles. The molecule has 0 saturated carbocycles. The number of hydrogen-bond donors (Lipinski definition) is 18. The van der Waals surface area contributed by atoms with Crippen LogP contribution in [0.5, 0.6) is 0 Å². The summed E-state index contributed by atoms with van der Waals surface area (Å²) in [6.07, 6.45) is -1.99. The van der Waals surface area contributed by atoms with Gasteiger partial charge in [-0.15, -0.1) is 0 Å². The Bertz CT molecular complexity index is 2860. The lowest BCUT2D eigenvalue weighted by atomic mass is 9.58. The van der Waals surface area contributed by atoms with Gasteiger partial charge in [0.05, 0.1) is 136 Å². The fourth-order valence-corrected chi connectivity index (χ4v) is 17.3. The summed E-state index contributed by atoms with van der Waals surface area (Å²) in [4.78, 5) is 0. The summed E-state index contributed by atoms with van der Waals surface area (Å²) < 4.78 is 73.8. The molecular formula is C70H130O30. The van der Waals surface area contributed by atoms with E-state index in [4.69, 9.17) is 56.8 Å². The Morgan fingerprint density at radius 3 is 0.790 bits per heavy atom. The van der Waals surface area contributed by atoms with Crippen LogP contribution in [0.25, 0.3) is 0 Å². The summed E-state index contributed by atoms with van der Waals surface area (Å²) >= 11 is 0. The number of rotatable bonds is 26. The second-order valence-corrected chi connectivity index (χ2v) is 34.8. The second-order valence-electron chi connectivity index (χ2n) is 34.8. The Kier molecular flexibility index (Phi) is 23.5. The van der Waals surface area contributed by atoms with Crippen LogP contribution >= 0.6 is 0 Å². The van der Waals surface area contributed by atoms with E-state index >= 15 is 0 Å². The maximum atomic E-state index is 12.6. The van der Waals surface area contributed by atoms with Crippen LogP contribution in [0.3, 0.4) is 0 Å². The first-order chi connectivity index (χ1) is 44.7. The van der Waals surface area contributed by atoms with Crippen LogP contribution in [0, 0.1) is 57.2 Å². The molecule has 0 spiro atoms. The van der Waals surface area contributed by atoms with Crippen molar-refractivity contribution in [3.05, 3.63) is 0 Å². The minimum absolute atomic E-state index is 0.0490. The van der Waals surface area contributed by atoms with Crippen molar-refractivity contribution in [2.75, 3.05) is 99.6 Å². The van der Waals surface area contributed by atoms with Gasteiger partial charge in [-0.1, -0.05) is 76.2 Å². The van der Waals surface area contributed by atoms with Crippen LogP contribution in [0.15, 0.2) is 0 Å². The lowest BCUT2D eigenvalue weighted by Gasteiger charge is -2.64. The van der Waals surface area contributed by atoms with Crippen LogP contribution in [0.2, 0.25) is 0 Å². The SMILES string of the molecule is CCC1(O)O[C@](C)(COC[C@@]2(C)[C@H](C)C(C)(O)[C@@](C)(COC[C@@]3(C)[C@H](C)C(C)(O)[C@@H](OCC4(O)O[C@](C)(COC[C@@]5(C)[C@H](C)C(C)(O)[C@@](C)(COC[C@@]6(C)[C@H](C)C(C)(O)[C@@](C)(COC)OC6(O)CO)OC5(O)CO)C(C)(O)[C@@H](C)[C@]4(C)O)OC3(O)CO)OC2(O)CO)C(C)(O)[C@@H](C)[C@]1(C)O. The zero-order valence-electron chi connectivity index (χ0n) is 64.1. The molecule has 6 aliphatic heterocycles. The van der Waals surface area contributed by atoms with Crippen LogP contribution < -0.4 is 0 Å². The van der Waals surface area contributed by atoms with Gasteiger partial charge in [-0.2, -0.15) is 0 Å². The van der Waals surface area contributed by atoms with E-state index in [9.17, 15) is 91.9 Å². The molecule has 30 nitrogen and oxygen atoms in total. The van der Waals surface area contributed by atoms with Crippen molar-refractivity contribution in [3.8, 4) is 0 Å². The molecule has 0 bridgehead atoms. The predicted molar refractivity (Wildman–Crippen MR) is 354 cm³/mol. The number of aliphatic hydroxyl groups is 18. The topological polar surface area (TPSA) is 475 Å². The highest BCUT2D eigenvalue weighted by Gasteiger charge is 2.75. The van der Waals surface area contributed by atoms with Crippen molar-refractivity contribution in [2.45, 2.75) is 286 Å². The molecule has 6 aliphatic rings. The summed E-state index contributed by atoms with van der Waals surface area (Å²) in [5, 5.41) is 214. The normalized spacial score (nSPS) is 57.0. The fourth-order valence-electron chi connectivity index (χ4n) is 17.3. The van der Waals surface area contributed by atoms with Crippen molar-refractivity contribution < 1.29 is 149 Å². The second kappa shape index (κ2) is 26.8. The van der Waals surface area contributed by atoms with Gasteiger partial charge in [0.15, 0.2) is 35.2 Å². The smallest absolute Gasteiger partial charge is 0.220 e. The van der Waals surface area contributed by atoms with Gasteiger partial charge in [-0.25, -0.2) is 0 Å². The predicted octanol–water partition coefficient (Wildman–Crippen LogP) is -0.623. The molecule has 6 heterocycles. The molecule has 0 radical (unpaired) electrons. The Hall–Kier alpha value is -1.20. The molecule has 6 fully saturated rings. The van der Waals surface area contributed by atoms with Gasteiger partial charge in [0.25, 0.3) is 0 Å². The lowest BCUT2D eigenvalue weighted by Crippen LogP contribution is -2.79. The highest BCUT2D eigenvalue weighted by molar-refractivity contribution is 5.19. The van der Waals surface area contributed by atoms with Crippen molar-refractivity contribution >= 4 is 0 Å². The molecule has 0 aromatic carbocycles. The molecule has 590 valence electrons. The van der Waals surface area contributed by atoms with E-state index in [0.29, 0.717) is 0 Å². The monoisotopic (exact) mass is 1450 g/mol. The van der Waals surface area contributed by atoms with E-state index in [1.165, 1.54) is 125 Å².